The Morgan fingerprint density at radius 1 is 1.13 bits per heavy atom. The highest BCUT2D eigenvalue weighted by molar-refractivity contribution is 7.16. The Kier molecular flexibility index (Phi) is 4.58. The number of ether oxygens (including phenoxy) is 1. The van der Waals surface area contributed by atoms with E-state index in [0.29, 0.717) is 11.1 Å². The summed E-state index contributed by atoms with van der Waals surface area (Å²) in [6, 6.07) is 16.0. The number of hydrogen-bond donors (Lipinski definition) is 0. The molecule has 2 aromatic carbocycles. The lowest BCUT2D eigenvalue weighted by molar-refractivity contribution is -0.131. The molecular weight excluding hydrogens is 408 g/mol. The van der Waals surface area contributed by atoms with E-state index in [1.54, 1.807) is 35.8 Å². The van der Waals surface area contributed by atoms with Gasteiger partial charge in [-0.05, 0) is 30.3 Å². The number of para-hydroxylation sites is 1. The minimum absolute atomic E-state index is 0.0358. The summed E-state index contributed by atoms with van der Waals surface area (Å²) in [6.07, 6.45) is -1.93. The van der Waals surface area contributed by atoms with Crippen LogP contribution in [0.15, 0.2) is 60.1 Å². The van der Waals surface area contributed by atoms with Gasteiger partial charge in [0.1, 0.15) is 0 Å². The molecule has 0 aliphatic carbocycles. The van der Waals surface area contributed by atoms with Gasteiger partial charge in [0.2, 0.25) is 5.88 Å². The molecule has 4 aromatic rings. The van der Waals surface area contributed by atoms with Gasteiger partial charge in [-0.3, -0.25) is 4.79 Å². The maximum atomic E-state index is 14.6. The molecule has 1 unspecified atom stereocenters. The maximum Gasteiger partial charge on any atom is 0.287 e. The fraction of sp³-hybridized carbons (Fsp3) is 0.227. The molecule has 152 valence electrons. The van der Waals surface area contributed by atoms with Crippen molar-refractivity contribution in [3.8, 4) is 5.88 Å². The molecule has 1 aliphatic rings. The van der Waals surface area contributed by atoms with Crippen molar-refractivity contribution < 1.29 is 18.3 Å². The molecule has 5 rings (SSSR count). The average Bonchev–Trinajstić information content (AvgIpc) is 3.22. The smallest absolute Gasteiger partial charge is 0.287 e. The Morgan fingerprint density at radius 2 is 2.00 bits per heavy atom. The summed E-state index contributed by atoms with van der Waals surface area (Å²) in [5, 5.41) is 0.898. The van der Waals surface area contributed by atoms with Crippen molar-refractivity contribution in [2.24, 2.45) is 0 Å². The SMILES string of the molecule is O=C(c1ccc2scnc2c1)N1CCC(F)(F)C(Oc2ccc3ccccc3n2)C1. The average molecular weight is 425 g/mol. The van der Waals surface area contributed by atoms with Gasteiger partial charge < -0.3 is 9.64 Å². The van der Waals surface area contributed by atoms with Crippen molar-refractivity contribution >= 4 is 38.4 Å². The summed E-state index contributed by atoms with van der Waals surface area (Å²) in [4.78, 5) is 22.9. The molecule has 1 atom stereocenters. The summed E-state index contributed by atoms with van der Waals surface area (Å²) in [5.41, 5.74) is 3.53. The van der Waals surface area contributed by atoms with E-state index in [9.17, 15) is 13.6 Å². The molecule has 30 heavy (non-hydrogen) atoms. The third kappa shape index (κ3) is 3.47. The summed E-state index contributed by atoms with van der Waals surface area (Å²) in [5.74, 6) is -3.24. The van der Waals surface area contributed by atoms with Crippen molar-refractivity contribution in [2.75, 3.05) is 13.1 Å². The lowest BCUT2D eigenvalue weighted by Crippen LogP contribution is -2.55. The Balaban J connectivity index is 1.37. The molecular formula is C22H17F2N3O2S. The first kappa shape index (κ1) is 18.9. The van der Waals surface area contributed by atoms with E-state index in [2.05, 4.69) is 9.97 Å². The molecule has 0 bridgehead atoms. The minimum atomic E-state index is -3.05. The zero-order valence-electron chi connectivity index (χ0n) is 15.8. The minimum Gasteiger partial charge on any atom is -0.466 e. The Labute approximate surface area is 174 Å². The first-order valence-electron chi connectivity index (χ1n) is 9.52. The number of carbonyl (C=O) groups is 1. The van der Waals surface area contributed by atoms with Crippen LogP contribution in [0.3, 0.4) is 0 Å². The second-order valence-electron chi connectivity index (χ2n) is 7.25. The van der Waals surface area contributed by atoms with Gasteiger partial charge in [-0.25, -0.2) is 18.7 Å². The van der Waals surface area contributed by atoms with Crippen molar-refractivity contribution in [3.63, 3.8) is 0 Å². The van der Waals surface area contributed by atoms with Gasteiger partial charge in [0, 0.05) is 30.0 Å². The molecule has 1 amide bonds. The van der Waals surface area contributed by atoms with Gasteiger partial charge in [0.25, 0.3) is 11.8 Å². The van der Waals surface area contributed by atoms with Gasteiger partial charge in [-0.2, -0.15) is 0 Å². The number of aromatic nitrogens is 2. The van der Waals surface area contributed by atoms with Crippen LogP contribution in [-0.2, 0) is 0 Å². The van der Waals surface area contributed by atoms with E-state index >= 15 is 0 Å². The van der Waals surface area contributed by atoms with Gasteiger partial charge in [-0.15, -0.1) is 11.3 Å². The number of thiazole rings is 1. The number of piperidine rings is 1. The molecule has 0 saturated carbocycles. The number of rotatable bonds is 3. The van der Waals surface area contributed by atoms with Crippen LogP contribution in [-0.4, -0.2) is 45.9 Å². The Morgan fingerprint density at radius 3 is 2.90 bits per heavy atom. The number of alkyl halides is 2. The first-order valence-corrected chi connectivity index (χ1v) is 10.4. The fourth-order valence-corrected chi connectivity index (χ4v) is 4.27. The first-order chi connectivity index (χ1) is 14.5. The zero-order valence-corrected chi connectivity index (χ0v) is 16.6. The molecule has 1 fully saturated rings. The van der Waals surface area contributed by atoms with Gasteiger partial charge in [-0.1, -0.05) is 18.2 Å². The number of likely N-dealkylation sites (tertiary alicyclic amines) is 1. The monoisotopic (exact) mass is 425 g/mol. The zero-order chi connectivity index (χ0) is 20.7. The molecule has 1 saturated heterocycles. The second kappa shape index (κ2) is 7.28. The predicted octanol–water partition coefficient (Wildman–Crippen LogP) is 4.77. The normalized spacial score (nSPS) is 18.6. The predicted molar refractivity (Wildman–Crippen MR) is 111 cm³/mol. The van der Waals surface area contributed by atoms with E-state index in [1.807, 2.05) is 24.3 Å². The van der Waals surface area contributed by atoms with Crippen molar-refractivity contribution in [1.82, 2.24) is 14.9 Å². The topological polar surface area (TPSA) is 55.3 Å². The molecule has 8 heteroatoms. The highest BCUT2D eigenvalue weighted by Crippen LogP contribution is 2.32. The quantitative estimate of drug-likeness (QED) is 0.474. The number of amides is 1. The van der Waals surface area contributed by atoms with Gasteiger partial charge in [0.15, 0.2) is 6.10 Å². The largest absolute Gasteiger partial charge is 0.466 e. The number of carbonyl (C=O) groups excluding carboxylic acids is 1. The lowest BCUT2D eigenvalue weighted by atomic mass is 10.0. The molecule has 2 aromatic heterocycles. The Bertz CT molecular complexity index is 1240. The van der Waals surface area contributed by atoms with Crippen molar-refractivity contribution in [1.29, 1.82) is 0 Å². The van der Waals surface area contributed by atoms with Crippen LogP contribution in [0.2, 0.25) is 0 Å². The van der Waals surface area contributed by atoms with Crippen LogP contribution in [0, 0.1) is 0 Å². The fourth-order valence-electron chi connectivity index (χ4n) is 3.61. The highest BCUT2D eigenvalue weighted by Gasteiger charge is 2.47. The highest BCUT2D eigenvalue weighted by atomic mass is 32.1. The van der Waals surface area contributed by atoms with E-state index in [0.717, 1.165) is 15.6 Å². The summed E-state index contributed by atoms with van der Waals surface area (Å²) >= 11 is 1.48. The molecule has 1 aliphatic heterocycles. The van der Waals surface area contributed by atoms with E-state index in [-0.39, 0.29) is 24.9 Å². The number of nitrogens with zero attached hydrogens (tertiary/aromatic N) is 3. The third-order valence-corrected chi connectivity index (χ3v) is 6.08. The molecule has 3 heterocycles. The molecule has 0 N–H and O–H groups in total. The Hall–Kier alpha value is -3.13. The van der Waals surface area contributed by atoms with Crippen LogP contribution in [0.25, 0.3) is 21.1 Å². The molecule has 5 nitrogen and oxygen atoms in total. The van der Waals surface area contributed by atoms with Gasteiger partial charge >= 0.3 is 0 Å². The molecule has 0 radical (unpaired) electrons. The van der Waals surface area contributed by atoms with E-state index in [4.69, 9.17) is 4.74 Å². The number of fused-ring (bicyclic) bond motifs is 2. The maximum absolute atomic E-state index is 14.6. The number of hydrogen-bond acceptors (Lipinski definition) is 5. The summed E-state index contributed by atoms with van der Waals surface area (Å²) in [6.45, 7) is -0.249. The van der Waals surface area contributed by atoms with Crippen LogP contribution in [0.4, 0.5) is 8.78 Å². The van der Waals surface area contributed by atoms with E-state index in [1.165, 1.54) is 16.2 Å². The van der Waals surface area contributed by atoms with Crippen molar-refractivity contribution in [2.45, 2.75) is 18.4 Å². The molecule has 0 spiro atoms. The standard InChI is InChI=1S/C22H17F2N3O2S/c23-22(24)9-10-27(21(28)15-5-7-18-17(11-15)25-13-30-18)12-19(22)29-20-8-6-14-3-1-2-4-16(14)26-20/h1-8,11,13,19H,9-10,12H2. The van der Waals surface area contributed by atoms with Crippen molar-refractivity contribution in [3.05, 3.63) is 65.7 Å². The van der Waals surface area contributed by atoms with Crippen LogP contribution < -0.4 is 4.74 Å². The van der Waals surface area contributed by atoms with Crippen LogP contribution >= 0.6 is 11.3 Å². The lowest BCUT2D eigenvalue weighted by Gasteiger charge is -2.38. The van der Waals surface area contributed by atoms with Crippen LogP contribution in [0.1, 0.15) is 16.8 Å². The van der Waals surface area contributed by atoms with Crippen LogP contribution in [0.5, 0.6) is 5.88 Å². The number of halogens is 2. The summed E-state index contributed by atoms with van der Waals surface area (Å²) < 4.78 is 35.7. The number of pyridine rings is 1. The second-order valence-corrected chi connectivity index (χ2v) is 8.13. The van der Waals surface area contributed by atoms with E-state index < -0.39 is 18.4 Å². The third-order valence-electron chi connectivity index (χ3n) is 5.27. The summed E-state index contributed by atoms with van der Waals surface area (Å²) in [7, 11) is 0. The number of benzene rings is 2. The van der Waals surface area contributed by atoms with Gasteiger partial charge in [0.05, 0.1) is 27.8 Å².